The topological polar surface area (TPSA) is 136 Å². The van der Waals surface area contributed by atoms with E-state index in [0.29, 0.717) is 6.42 Å². The molecule has 0 spiro atoms. The average molecular weight is 537 g/mol. The number of hydrogen-bond donors (Lipinski definition) is 2. The van der Waals surface area contributed by atoms with Gasteiger partial charge in [0.15, 0.2) is 5.17 Å². The fourth-order valence-electron chi connectivity index (χ4n) is 3.73. The van der Waals surface area contributed by atoms with Gasteiger partial charge in [0, 0.05) is 41.4 Å². The van der Waals surface area contributed by atoms with Gasteiger partial charge in [-0.15, -0.1) is 12.3 Å². The van der Waals surface area contributed by atoms with Gasteiger partial charge < -0.3 is 10.5 Å². The van der Waals surface area contributed by atoms with Crippen molar-refractivity contribution in [2.45, 2.75) is 19.8 Å². The number of aliphatic imine (C=N–C) groups is 1. The number of aromatic nitrogens is 3. The van der Waals surface area contributed by atoms with Crippen molar-refractivity contribution in [2.24, 2.45) is 22.6 Å². The van der Waals surface area contributed by atoms with Crippen LogP contribution in [0.25, 0.3) is 16.9 Å². The van der Waals surface area contributed by atoms with Gasteiger partial charge in [0.1, 0.15) is 17.3 Å². The van der Waals surface area contributed by atoms with Crippen molar-refractivity contribution in [3.63, 3.8) is 0 Å². The Kier molecular flexibility index (Phi) is 7.68. The molecule has 2 atom stereocenters. The molecule has 12 heteroatoms. The highest BCUT2D eigenvalue weighted by Gasteiger charge is 2.39. The molecule has 4 rings (SSSR count). The maximum absolute atomic E-state index is 13.5. The number of amides is 1. The molecule has 194 valence electrons. The summed E-state index contributed by atoms with van der Waals surface area (Å²) >= 11 is 0.826. The van der Waals surface area contributed by atoms with Crippen molar-refractivity contribution < 1.29 is 18.3 Å². The number of terminal acetylenes is 1. The maximum atomic E-state index is 13.5. The molecule has 3 N–H and O–H groups in total. The highest BCUT2D eigenvalue weighted by Crippen LogP contribution is 2.41. The molecule has 3 aromatic heterocycles. The predicted molar refractivity (Wildman–Crippen MR) is 141 cm³/mol. The normalized spacial score (nSPS) is 16.7. The first-order valence-electron chi connectivity index (χ1n) is 11.3. The summed E-state index contributed by atoms with van der Waals surface area (Å²) in [6.45, 7) is 1.76. The van der Waals surface area contributed by atoms with Crippen LogP contribution < -0.4 is 16.0 Å². The maximum Gasteiger partial charge on any atom is 0.281 e. The fourth-order valence-corrected chi connectivity index (χ4v) is 4.49. The Bertz CT molecular complexity index is 1560. The van der Waals surface area contributed by atoms with Gasteiger partial charge in [-0.25, -0.2) is 13.8 Å². The van der Waals surface area contributed by atoms with Crippen molar-refractivity contribution in [2.75, 3.05) is 7.11 Å². The summed E-state index contributed by atoms with van der Waals surface area (Å²) in [7, 11) is 1.33. The van der Waals surface area contributed by atoms with Crippen LogP contribution in [0.5, 0.6) is 5.75 Å². The summed E-state index contributed by atoms with van der Waals surface area (Å²) in [5, 5.41) is 8.15. The average Bonchev–Trinajstić information content (AvgIpc) is 3.68. The summed E-state index contributed by atoms with van der Waals surface area (Å²) in [5.41, 5.74) is 5.92. The molecule has 1 saturated carbocycles. The van der Waals surface area contributed by atoms with Gasteiger partial charge in [-0.1, -0.05) is 0 Å². The van der Waals surface area contributed by atoms with Crippen LogP contribution in [0.4, 0.5) is 8.78 Å². The smallest absolute Gasteiger partial charge is 0.281 e. The molecule has 0 aliphatic heterocycles. The Balaban J connectivity index is 1.81. The number of nitrogens with one attached hydrogen (secondary N) is 1. The minimum Gasteiger partial charge on any atom is -0.494 e. The second-order valence-electron chi connectivity index (χ2n) is 8.45. The first-order chi connectivity index (χ1) is 18.1. The van der Waals surface area contributed by atoms with Gasteiger partial charge in [-0.05, 0) is 48.9 Å². The van der Waals surface area contributed by atoms with Crippen LogP contribution in [0.2, 0.25) is 0 Å². The molecule has 1 aliphatic rings. The molecule has 0 saturated heterocycles. The predicted octanol–water partition coefficient (Wildman–Crippen LogP) is 3.98. The summed E-state index contributed by atoms with van der Waals surface area (Å²) in [4.78, 5) is 37.6. The fraction of sp³-hybridized carbons (Fsp3) is 0.231. The lowest BCUT2D eigenvalue weighted by Crippen LogP contribution is -2.18. The van der Waals surface area contributed by atoms with E-state index in [0.717, 1.165) is 29.6 Å². The Morgan fingerprint density at radius 1 is 1.32 bits per heavy atom. The third kappa shape index (κ3) is 5.63. The second kappa shape index (κ2) is 10.9. The van der Waals surface area contributed by atoms with Gasteiger partial charge in [0.05, 0.1) is 23.9 Å². The molecule has 0 unspecified atom stereocenters. The van der Waals surface area contributed by atoms with Crippen LogP contribution in [0.3, 0.4) is 0 Å². The number of alkyl halides is 2. The minimum atomic E-state index is -2.88. The third-order valence-electron chi connectivity index (χ3n) is 5.83. The highest BCUT2D eigenvalue weighted by atomic mass is 32.2. The second-order valence-corrected chi connectivity index (χ2v) is 9.51. The third-order valence-corrected chi connectivity index (χ3v) is 6.65. The minimum absolute atomic E-state index is 0.0322. The van der Waals surface area contributed by atoms with E-state index in [1.165, 1.54) is 36.2 Å². The quantitative estimate of drug-likeness (QED) is 0.276. The van der Waals surface area contributed by atoms with Gasteiger partial charge >= 0.3 is 0 Å². The van der Waals surface area contributed by atoms with E-state index in [2.05, 4.69) is 20.9 Å². The summed E-state index contributed by atoms with van der Waals surface area (Å²) in [6.07, 6.45) is 6.99. The standard InChI is InChI=1S/C26H22F2N6O3S/c1-4-14-8-15(14)24(29)38-26(30)33-25(36)18-11-32-21(34-6-5-13(2)7-22(34)35)10-16(18)17-9-19(23(27)28)31-12-20(17)37-3/h1,5-7,9-12,14-15,23,29H,8H2,2-3H3,(H2,30,33,36)/t14-,15-/m0/s1. The number of carbonyl (C=O) groups is 1. The van der Waals surface area contributed by atoms with E-state index in [-0.39, 0.29) is 55.9 Å². The Hall–Kier alpha value is -4.37. The van der Waals surface area contributed by atoms with Crippen LogP contribution in [0.1, 0.15) is 34.5 Å². The summed E-state index contributed by atoms with van der Waals surface area (Å²) < 4.78 is 33.6. The highest BCUT2D eigenvalue weighted by molar-refractivity contribution is 8.26. The molecule has 38 heavy (non-hydrogen) atoms. The lowest BCUT2D eigenvalue weighted by molar-refractivity contribution is 0.100. The monoisotopic (exact) mass is 536 g/mol. The Morgan fingerprint density at radius 2 is 2.08 bits per heavy atom. The van der Waals surface area contributed by atoms with Crippen LogP contribution >= 0.6 is 11.8 Å². The molecule has 1 amide bonds. The molecule has 3 heterocycles. The number of thioether (sulfide) groups is 1. The molecule has 0 aromatic carbocycles. The summed E-state index contributed by atoms with van der Waals surface area (Å²) in [6, 6.07) is 5.61. The van der Waals surface area contributed by atoms with Crippen molar-refractivity contribution >= 4 is 27.9 Å². The number of aryl methyl sites for hydroxylation is 1. The van der Waals surface area contributed by atoms with Crippen molar-refractivity contribution in [3.8, 4) is 35.0 Å². The molecular weight excluding hydrogens is 514 g/mol. The number of nitrogens with two attached hydrogens (primary N) is 1. The van der Waals surface area contributed by atoms with Crippen LogP contribution in [0, 0.1) is 36.5 Å². The van der Waals surface area contributed by atoms with Gasteiger partial charge in [-0.3, -0.25) is 24.5 Å². The van der Waals surface area contributed by atoms with E-state index in [9.17, 15) is 18.4 Å². The van der Waals surface area contributed by atoms with E-state index in [1.807, 2.05) is 0 Å². The first kappa shape index (κ1) is 26.7. The first-order valence-corrected chi connectivity index (χ1v) is 12.1. The van der Waals surface area contributed by atoms with E-state index in [4.69, 9.17) is 22.3 Å². The zero-order valence-electron chi connectivity index (χ0n) is 20.3. The number of ether oxygens (including phenoxy) is 1. The lowest BCUT2D eigenvalue weighted by Gasteiger charge is -2.15. The number of amidine groups is 1. The van der Waals surface area contributed by atoms with Gasteiger partial charge in [-0.2, -0.15) is 4.99 Å². The van der Waals surface area contributed by atoms with Gasteiger partial charge in [0.2, 0.25) is 0 Å². The molecule has 1 fully saturated rings. The SMILES string of the molecule is C#C[C@H]1C[C@@H]1C(=N)SC(N)=NC(=O)c1cnc(-n2ccc(C)cc2=O)cc1-c1cc(C(F)F)ncc1OC. The lowest BCUT2D eigenvalue weighted by atomic mass is 10.00. The van der Waals surface area contributed by atoms with Crippen molar-refractivity contribution in [3.05, 3.63) is 70.0 Å². The largest absolute Gasteiger partial charge is 0.494 e. The number of nitrogens with zero attached hydrogens (tertiary/aromatic N) is 4. The number of pyridine rings is 3. The Morgan fingerprint density at radius 3 is 2.71 bits per heavy atom. The van der Waals surface area contributed by atoms with Crippen molar-refractivity contribution in [1.29, 1.82) is 5.41 Å². The zero-order valence-corrected chi connectivity index (χ0v) is 21.1. The van der Waals surface area contributed by atoms with E-state index in [1.54, 1.807) is 13.0 Å². The van der Waals surface area contributed by atoms with Crippen LogP contribution in [-0.2, 0) is 0 Å². The summed E-state index contributed by atoms with van der Waals surface area (Å²) in [5.74, 6) is 1.86. The Labute approximate surface area is 220 Å². The van der Waals surface area contributed by atoms with E-state index < -0.39 is 18.0 Å². The molecule has 0 radical (unpaired) electrons. The number of carbonyl (C=O) groups excluding carboxylic acids is 1. The molecule has 0 bridgehead atoms. The molecule has 9 nitrogen and oxygen atoms in total. The van der Waals surface area contributed by atoms with Crippen LogP contribution in [-0.4, -0.2) is 37.8 Å². The van der Waals surface area contributed by atoms with Crippen LogP contribution in [0.15, 0.2) is 52.6 Å². The molecular formula is C26H22F2N6O3S. The number of halogens is 2. The van der Waals surface area contributed by atoms with Gasteiger partial charge in [0.25, 0.3) is 17.9 Å². The van der Waals surface area contributed by atoms with E-state index >= 15 is 0 Å². The number of methoxy groups -OCH3 is 1. The molecule has 3 aromatic rings. The zero-order chi connectivity index (χ0) is 27.6. The van der Waals surface area contributed by atoms with Crippen molar-refractivity contribution in [1.82, 2.24) is 14.5 Å². The number of rotatable bonds is 6. The molecule has 1 aliphatic carbocycles. The number of hydrogen-bond acceptors (Lipinski definition) is 7.